The van der Waals surface area contributed by atoms with E-state index in [4.69, 9.17) is 0 Å². The molecule has 0 bridgehead atoms. The van der Waals surface area contributed by atoms with Gasteiger partial charge < -0.3 is 10.0 Å². The van der Waals surface area contributed by atoms with Crippen LogP contribution in [0, 0.1) is 6.92 Å². The Morgan fingerprint density at radius 1 is 1.35 bits per heavy atom. The zero-order chi connectivity index (χ0) is 14.3. The predicted molar refractivity (Wildman–Crippen MR) is 75.7 cm³/mol. The van der Waals surface area contributed by atoms with Gasteiger partial charge in [-0.05, 0) is 36.9 Å². The van der Waals surface area contributed by atoms with E-state index in [1.54, 1.807) is 19.3 Å². The molecule has 1 aliphatic heterocycles. The van der Waals surface area contributed by atoms with Crippen molar-refractivity contribution in [2.45, 2.75) is 23.1 Å². The highest BCUT2D eigenvalue weighted by atomic mass is 32.2. The van der Waals surface area contributed by atoms with Crippen LogP contribution in [-0.4, -0.2) is 28.0 Å². The molecule has 0 fully saturated rings. The molecule has 2 aromatic rings. The van der Waals surface area contributed by atoms with Crippen LogP contribution >= 0.6 is 11.8 Å². The number of amides is 1. The molecule has 102 valence electrons. The number of aliphatic hydroxyl groups is 1. The van der Waals surface area contributed by atoms with E-state index in [0.29, 0.717) is 10.7 Å². The van der Waals surface area contributed by atoms with Gasteiger partial charge in [0.15, 0.2) is 11.3 Å². The van der Waals surface area contributed by atoms with Crippen LogP contribution in [0.2, 0.25) is 0 Å². The number of likely N-dealkylation sites (N-methyl/N-ethyl adjacent to an activating group) is 1. The first-order chi connectivity index (χ1) is 9.56. The Morgan fingerprint density at radius 3 is 2.90 bits per heavy atom. The summed E-state index contributed by atoms with van der Waals surface area (Å²) in [5.41, 5.74) is 2.29. The molecule has 1 aromatic heterocycles. The number of anilines is 1. The van der Waals surface area contributed by atoms with E-state index < -0.39 is 6.10 Å². The minimum absolute atomic E-state index is 0.297. The lowest BCUT2D eigenvalue weighted by molar-refractivity contribution is -0.125. The standard InChI is InChI=1S/C14H13N3O2S/c1-8-5-6-15-14(16-8)20-9-3-4-10-11(7-9)17(2)13(19)12(10)18/h3-7,12,18H,1-2H3. The number of hydrogen-bond donors (Lipinski definition) is 1. The highest BCUT2D eigenvalue weighted by Gasteiger charge is 2.33. The maximum atomic E-state index is 11.7. The minimum Gasteiger partial charge on any atom is -0.378 e. The summed E-state index contributed by atoms with van der Waals surface area (Å²) >= 11 is 1.43. The lowest BCUT2D eigenvalue weighted by Crippen LogP contribution is -2.23. The zero-order valence-electron chi connectivity index (χ0n) is 11.1. The Bertz CT molecular complexity index is 690. The Labute approximate surface area is 120 Å². The topological polar surface area (TPSA) is 66.3 Å². The average Bonchev–Trinajstić information content (AvgIpc) is 2.64. The van der Waals surface area contributed by atoms with E-state index in [9.17, 15) is 9.90 Å². The predicted octanol–water partition coefficient (Wildman–Crippen LogP) is 1.95. The van der Waals surface area contributed by atoms with Crippen LogP contribution in [0.25, 0.3) is 0 Å². The molecule has 0 radical (unpaired) electrons. The van der Waals surface area contributed by atoms with Crippen molar-refractivity contribution in [3.63, 3.8) is 0 Å². The van der Waals surface area contributed by atoms with Crippen molar-refractivity contribution in [2.24, 2.45) is 0 Å². The molecule has 1 atom stereocenters. The maximum absolute atomic E-state index is 11.7. The number of carbonyl (C=O) groups excluding carboxylic acids is 1. The number of benzene rings is 1. The normalized spacial score (nSPS) is 17.4. The van der Waals surface area contributed by atoms with Crippen LogP contribution in [0.5, 0.6) is 0 Å². The van der Waals surface area contributed by atoms with Gasteiger partial charge in [-0.2, -0.15) is 0 Å². The summed E-state index contributed by atoms with van der Waals surface area (Å²) in [4.78, 5) is 22.7. The molecule has 0 spiro atoms. The third-order valence-corrected chi connectivity index (χ3v) is 4.07. The number of rotatable bonds is 2. The first kappa shape index (κ1) is 13.1. The number of aromatic nitrogens is 2. The smallest absolute Gasteiger partial charge is 0.260 e. The summed E-state index contributed by atoms with van der Waals surface area (Å²) in [7, 11) is 1.66. The lowest BCUT2D eigenvalue weighted by atomic mass is 10.1. The molecule has 1 amide bonds. The van der Waals surface area contributed by atoms with Gasteiger partial charge in [0.1, 0.15) is 0 Å². The summed E-state index contributed by atoms with van der Waals surface area (Å²) in [5, 5.41) is 10.5. The van der Waals surface area contributed by atoms with Gasteiger partial charge in [-0.1, -0.05) is 6.07 Å². The molecule has 0 aliphatic carbocycles. The van der Waals surface area contributed by atoms with Gasteiger partial charge in [0.2, 0.25) is 0 Å². The third-order valence-electron chi connectivity index (χ3n) is 3.20. The van der Waals surface area contributed by atoms with E-state index in [2.05, 4.69) is 9.97 Å². The van der Waals surface area contributed by atoms with Crippen molar-refractivity contribution >= 4 is 23.4 Å². The van der Waals surface area contributed by atoms with Crippen molar-refractivity contribution in [3.05, 3.63) is 41.7 Å². The summed E-state index contributed by atoms with van der Waals surface area (Å²) in [6.45, 7) is 1.91. The number of nitrogens with zero attached hydrogens (tertiary/aromatic N) is 3. The highest BCUT2D eigenvalue weighted by molar-refractivity contribution is 7.99. The van der Waals surface area contributed by atoms with Crippen molar-refractivity contribution in [1.29, 1.82) is 0 Å². The summed E-state index contributed by atoms with van der Waals surface area (Å²) < 4.78 is 0. The van der Waals surface area contributed by atoms with Gasteiger partial charge >= 0.3 is 0 Å². The van der Waals surface area contributed by atoms with Gasteiger partial charge in [-0.25, -0.2) is 9.97 Å². The Kier molecular flexibility index (Phi) is 3.19. The maximum Gasteiger partial charge on any atom is 0.260 e. The molecule has 1 unspecified atom stereocenters. The fourth-order valence-electron chi connectivity index (χ4n) is 2.12. The van der Waals surface area contributed by atoms with Crippen LogP contribution in [-0.2, 0) is 4.79 Å². The molecular weight excluding hydrogens is 274 g/mol. The van der Waals surface area contributed by atoms with Gasteiger partial charge in [-0.3, -0.25) is 4.79 Å². The molecule has 5 nitrogen and oxygen atoms in total. The number of fused-ring (bicyclic) bond motifs is 1. The van der Waals surface area contributed by atoms with E-state index in [1.165, 1.54) is 16.7 Å². The Balaban J connectivity index is 1.92. The van der Waals surface area contributed by atoms with Gasteiger partial charge in [0.25, 0.3) is 5.91 Å². The van der Waals surface area contributed by atoms with E-state index in [1.807, 2.05) is 25.1 Å². The Hall–Kier alpha value is -1.92. The van der Waals surface area contributed by atoms with Gasteiger partial charge in [-0.15, -0.1) is 0 Å². The molecule has 0 saturated heterocycles. The summed E-state index contributed by atoms with van der Waals surface area (Å²) in [6.07, 6.45) is 0.668. The summed E-state index contributed by atoms with van der Waals surface area (Å²) in [5.74, 6) is -0.297. The second-order valence-electron chi connectivity index (χ2n) is 4.60. The third kappa shape index (κ3) is 2.17. The van der Waals surface area contributed by atoms with Crippen LogP contribution < -0.4 is 4.90 Å². The van der Waals surface area contributed by atoms with Crippen LogP contribution in [0.15, 0.2) is 40.5 Å². The summed E-state index contributed by atoms with van der Waals surface area (Å²) in [6, 6.07) is 7.36. The quantitative estimate of drug-likeness (QED) is 0.855. The number of hydrogen-bond acceptors (Lipinski definition) is 5. The van der Waals surface area contributed by atoms with Gasteiger partial charge in [0.05, 0.1) is 5.69 Å². The van der Waals surface area contributed by atoms with Crippen molar-refractivity contribution in [3.8, 4) is 0 Å². The molecule has 1 aliphatic rings. The van der Waals surface area contributed by atoms with E-state index in [-0.39, 0.29) is 5.91 Å². The fraction of sp³-hybridized carbons (Fsp3) is 0.214. The molecule has 20 heavy (non-hydrogen) atoms. The zero-order valence-corrected chi connectivity index (χ0v) is 11.9. The molecule has 3 rings (SSSR count). The van der Waals surface area contributed by atoms with Crippen LogP contribution in [0.3, 0.4) is 0 Å². The van der Waals surface area contributed by atoms with Crippen LogP contribution in [0.4, 0.5) is 5.69 Å². The van der Waals surface area contributed by atoms with Crippen molar-refractivity contribution < 1.29 is 9.90 Å². The molecule has 2 heterocycles. The SMILES string of the molecule is Cc1ccnc(Sc2ccc3c(c2)N(C)C(=O)C3O)n1. The van der Waals surface area contributed by atoms with Gasteiger partial charge in [0, 0.05) is 29.4 Å². The molecule has 6 heteroatoms. The molecule has 1 aromatic carbocycles. The average molecular weight is 287 g/mol. The molecule has 1 N–H and O–H groups in total. The first-order valence-electron chi connectivity index (χ1n) is 6.13. The van der Waals surface area contributed by atoms with Crippen molar-refractivity contribution in [2.75, 3.05) is 11.9 Å². The largest absolute Gasteiger partial charge is 0.378 e. The molecular formula is C14H13N3O2S. The molecule has 0 saturated carbocycles. The fourth-order valence-corrected chi connectivity index (χ4v) is 2.94. The van der Waals surface area contributed by atoms with E-state index >= 15 is 0 Å². The highest BCUT2D eigenvalue weighted by Crippen LogP contribution is 2.38. The van der Waals surface area contributed by atoms with Crippen LogP contribution in [0.1, 0.15) is 17.4 Å². The second kappa shape index (κ2) is 4.88. The first-order valence-corrected chi connectivity index (χ1v) is 6.95. The number of aliphatic hydroxyl groups excluding tert-OH is 1. The lowest BCUT2D eigenvalue weighted by Gasteiger charge is -2.10. The van der Waals surface area contributed by atoms with E-state index in [0.717, 1.165) is 16.3 Å². The number of aryl methyl sites for hydroxylation is 1. The van der Waals surface area contributed by atoms with Crippen molar-refractivity contribution in [1.82, 2.24) is 9.97 Å². The monoisotopic (exact) mass is 287 g/mol. The number of carbonyl (C=O) groups is 1. The Morgan fingerprint density at radius 2 is 2.15 bits per heavy atom. The minimum atomic E-state index is -1.05. The second-order valence-corrected chi connectivity index (χ2v) is 5.64.